The Labute approximate surface area is 123 Å². The van der Waals surface area contributed by atoms with Crippen LogP contribution in [0.2, 0.25) is 0 Å². The van der Waals surface area contributed by atoms with Crippen LogP contribution in [-0.2, 0) is 6.54 Å². The van der Waals surface area contributed by atoms with Crippen LogP contribution in [0.3, 0.4) is 0 Å². The van der Waals surface area contributed by atoms with Crippen LogP contribution in [0.15, 0.2) is 18.2 Å². The number of rotatable bonds is 10. The van der Waals surface area contributed by atoms with E-state index >= 15 is 0 Å². The molecule has 0 spiro atoms. The van der Waals surface area contributed by atoms with E-state index in [-0.39, 0.29) is 0 Å². The van der Waals surface area contributed by atoms with Crippen molar-refractivity contribution in [1.29, 1.82) is 0 Å². The smallest absolute Gasteiger partial charge is 0.123 e. The third kappa shape index (κ3) is 5.83. The van der Waals surface area contributed by atoms with Gasteiger partial charge in [0, 0.05) is 18.2 Å². The lowest BCUT2D eigenvalue weighted by Crippen LogP contribution is -2.25. The fourth-order valence-corrected chi connectivity index (χ4v) is 2.28. The highest BCUT2D eigenvalue weighted by atomic mass is 16.5. The van der Waals surface area contributed by atoms with Gasteiger partial charge >= 0.3 is 0 Å². The molecule has 0 aliphatic carbocycles. The van der Waals surface area contributed by atoms with Crippen LogP contribution in [0, 0.1) is 0 Å². The molecule has 0 aliphatic heterocycles. The Balaban J connectivity index is 2.43. The van der Waals surface area contributed by atoms with Crippen molar-refractivity contribution >= 4 is 0 Å². The third-order valence-electron chi connectivity index (χ3n) is 3.62. The lowest BCUT2D eigenvalue weighted by atomic mass is 10.1. The van der Waals surface area contributed by atoms with Crippen LogP contribution in [0.4, 0.5) is 0 Å². The van der Waals surface area contributed by atoms with Crippen molar-refractivity contribution in [2.45, 2.75) is 58.5 Å². The van der Waals surface area contributed by atoms with Gasteiger partial charge in [-0.15, -0.1) is 0 Å². The minimum atomic E-state index is 0.530. The maximum Gasteiger partial charge on any atom is 0.123 e. The molecule has 0 saturated carbocycles. The number of ether oxygens (including phenoxy) is 2. The number of hydrogen-bond acceptors (Lipinski definition) is 3. The maximum absolute atomic E-state index is 5.39. The van der Waals surface area contributed by atoms with E-state index in [2.05, 4.69) is 19.2 Å². The van der Waals surface area contributed by atoms with Gasteiger partial charge in [0.1, 0.15) is 11.5 Å². The van der Waals surface area contributed by atoms with Crippen LogP contribution < -0.4 is 14.8 Å². The van der Waals surface area contributed by atoms with Crippen molar-refractivity contribution in [3.63, 3.8) is 0 Å². The molecule has 1 rings (SSSR count). The minimum Gasteiger partial charge on any atom is -0.497 e. The SMILES string of the molecule is CCCCCC[C@H](C)NCc1cc(OC)ccc1OC. The molecule has 0 aliphatic rings. The molecule has 0 heterocycles. The molecular formula is C17H29NO2. The second-order valence-corrected chi connectivity index (χ2v) is 5.31. The van der Waals surface area contributed by atoms with E-state index in [1.807, 2.05) is 18.2 Å². The Morgan fingerprint density at radius 3 is 2.55 bits per heavy atom. The summed E-state index contributed by atoms with van der Waals surface area (Å²) in [4.78, 5) is 0. The first-order chi connectivity index (χ1) is 9.71. The van der Waals surface area contributed by atoms with Crippen LogP contribution in [0.1, 0.15) is 51.5 Å². The largest absolute Gasteiger partial charge is 0.497 e. The van der Waals surface area contributed by atoms with Crippen molar-refractivity contribution in [3.8, 4) is 11.5 Å². The van der Waals surface area contributed by atoms with Gasteiger partial charge in [-0.3, -0.25) is 0 Å². The summed E-state index contributed by atoms with van der Waals surface area (Å²) >= 11 is 0. The lowest BCUT2D eigenvalue weighted by molar-refractivity contribution is 0.394. The Morgan fingerprint density at radius 2 is 1.90 bits per heavy atom. The molecule has 0 unspecified atom stereocenters. The molecule has 1 atom stereocenters. The molecule has 1 aromatic rings. The van der Waals surface area contributed by atoms with Crippen LogP contribution >= 0.6 is 0 Å². The summed E-state index contributed by atoms with van der Waals surface area (Å²) in [5.74, 6) is 1.79. The van der Waals surface area contributed by atoms with Gasteiger partial charge in [0.25, 0.3) is 0 Å². The molecule has 1 N–H and O–H groups in total. The predicted octanol–water partition coefficient (Wildman–Crippen LogP) is 4.15. The van der Waals surface area contributed by atoms with E-state index in [1.54, 1.807) is 14.2 Å². The first kappa shape index (κ1) is 16.8. The quantitative estimate of drug-likeness (QED) is 0.653. The molecular weight excluding hydrogens is 250 g/mol. The topological polar surface area (TPSA) is 30.5 Å². The van der Waals surface area contributed by atoms with Crippen molar-refractivity contribution in [3.05, 3.63) is 23.8 Å². The Hall–Kier alpha value is -1.22. The standard InChI is InChI=1S/C17H29NO2/c1-5-6-7-8-9-14(2)18-13-15-12-16(19-3)10-11-17(15)20-4/h10-12,14,18H,5-9,13H2,1-4H3/t14-/m0/s1. The average Bonchev–Trinajstić information content (AvgIpc) is 2.49. The van der Waals surface area contributed by atoms with Gasteiger partial charge in [0.15, 0.2) is 0 Å². The first-order valence-electron chi connectivity index (χ1n) is 7.65. The van der Waals surface area contributed by atoms with Gasteiger partial charge in [-0.2, -0.15) is 0 Å². The van der Waals surface area contributed by atoms with Crippen molar-refractivity contribution in [2.75, 3.05) is 14.2 Å². The normalized spacial score (nSPS) is 12.2. The monoisotopic (exact) mass is 279 g/mol. The zero-order valence-electron chi connectivity index (χ0n) is 13.4. The van der Waals surface area contributed by atoms with Crippen molar-refractivity contribution < 1.29 is 9.47 Å². The number of hydrogen-bond donors (Lipinski definition) is 1. The number of nitrogens with one attached hydrogen (secondary N) is 1. The zero-order chi connectivity index (χ0) is 14.8. The van der Waals surface area contributed by atoms with E-state index in [0.29, 0.717) is 6.04 Å². The molecule has 3 nitrogen and oxygen atoms in total. The Morgan fingerprint density at radius 1 is 1.10 bits per heavy atom. The summed E-state index contributed by atoms with van der Waals surface area (Å²) in [6, 6.07) is 6.45. The number of benzene rings is 1. The van der Waals surface area contributed by atoms with E-state index in [0.717, 1.165) is 23.6 Å². The maximum atomic E-state index is 5.39. The fourth-order valence-electron chi connectivity index (χ4n) is 2.28. The molecule has 3 heteroatoms. The third-order valence-corrected chi connectivity index (χ3v) is 3.62. The summed E-state index contributed by atoms with van der Waals surface area (Å²) in [6.45, 7) is 5.31. The highest BCUT2D eigenvalue weighted by Crippen LogP contribution is 2.23. The van der Waals surface area contributed by atoms with Gasteiger partial charge < -0.3 is 14.8 Å². The van der Waals surface area contributed by atoms with Crippen LogP contribution in [-0.4, -0.2) is 20.3 Å². The van der Waals surface area contributed by atoms with Gasteiger partial charge in [-0.1, -0.05) is 32.6 Å². The fraction of sp³-hybridized carbons (Fsp3) is 0.647. The lowest BCUT2D eigenvalue weighted by Gasteiger charge is -2.16. The molecule has 0 fully saturated rings. The highest BCUT2D eigenvalue weighted by molar-refractivity contribution is 5.40. The van der Waals surface area contributed by atoms with E-state index in [4.69, 9.17) is 9.47 Å². The summed E-state index contributed by atoms with van der Waals surface area (Å²) in [6.07, 6.45) is 6.51. The zero-order valence-corrected chi connectivity index (χ0v) is 13.4. The molecule has 1 aromatic carbocycles. The van der Waals surface area contributed by atoms with Gasteiger partial charge in [0.05, 0.1) is 14.2 Å². The number of methoxy groups -OCH3 is 2. The number of unbranched alkanes of at least 4 members (excludes halogenated alkanes) is 3. The second-order valence-electron chi connectivity index (χ2n) is 5.31. The Bertz CT molecular complexity index is 379. The van der Waals surface area contributed by atoms with Gasteiger partial charge in [0.2, 0.25) is 0 Å². The predicted molar refractivity (Wildman–Crippen MR) is 84.6 cm³/mol. The van der Waals surface area contributed by atoms with Crippen molar-refractivity contribution in [1.82, 2.24) is 5.32 Å². The summed E-state index contributed by atoms with van der Waals surface area (Å²) < 4.78 is 10.7. The molecule has 0 aromatic heterocycles. The summed E-state index contributed by atoms with van der Waals surface area (Å²) in [5, 5.41) is 3.57. The average molecular weight is 279 g/mol. The van der Waals surface area contributed by atoms with Crippen LogP contribution in [0.25, 0.3) is 0 Å². The van der Waals surface area contributed by atoms with E-state index in [9.17, 15) is 0 Å². The summed E-state index contributed by atoms with van der Waals surface area (Å²) in [7, 11) is 3.40. The Kier molecular flexibility index (Phi) is 8.12. The second kappa shape index (κ2) is 9.65. The molecule has 0 amide bonds. The first-order valence-corrected chi connectivity index (χ1v) is 7.65. The molecule has 0 saturated heterocycles. The van der Waals surface area contributed by atoms with Crippen LogP contribution in [0.5, 0.6) is 11.5 Å². The molecule has 114 valence electrons. The van der Waals surface area contributed by atoms with Crippen molar-refractivity contribution in [2.24, 2.45) is 0 Å². The van der Waals surface area contributed by atoms with E-state index in [1.165, 1.54) is 32.1 Å². The molecule has 0 bridgehead atoms. The molecule has 20 heavy (non-hydrogen) atoms. The summed E-state index contributed by atoms with van der Waals surface area (Å²) in [5.41, 5.74) is 1.15. The van der Waals surface area contributed by atoms with Gasteiger partial charge in [-0.05, 0) is 31.5 Å². The molecule has 0 radical (unpaired) electrons. The van der Waals surface area contributed by atoms with Gasteiger partial charge in [-0.25, -0.2) is 0 Å². The van der Waals surface area contributed by atoms with E-state index < -0.39 is 0 Å². The highest BCUT2D eigenvalue weighted by Gasteiger charge is 2.07. The minimum absolute atomic E-state index is 0.530.